The number of amides is 3. The van der Waals surface area contributed by atoms with E-state index in [1.54, 1.807) is 17.6 Å². The summed E-state index contributed by atoms with van der Waals surface area (Å²) in [7, 11) is -3.68. The molecule has 1 aliphatic heterocycles. The average molecular weight is 630 g/mol. The Morgan fingerprint density at radius 2 is 1.71 bits per heavy atom. The second kappa shape index (κ2) is 17.7. The topological polar surface area (TPSA) is 166 Å². The van der Waals surface area contributed by atoms with Crippen molar-refractivity contribution in [3.05, 3.63) is 34.9 Å². The number of ether oxygens (including phenoxy) is 1. The van der Waals surface area contributed by atoms with Gasteiger partial charge in [-0.3, -0.25) is 19.6 Å². The number of aryl methyl sites for hydroxylation is 1. The summed E-state index contributed by atoms with van der Waals surface area (Å²) in [4.78, 5) is 38.6. The molecule has 42 heavy (non-hydrogen) atoms. The third-order valence-electron chi connectivity index (χ3n) is 7.80. The van der Waals surface area contributed by atoms with E-state index in [1.807, 2.05) is 12.1 Å². The van der Waals surface area contributed by atoms with Gasteiger partial charge in [0.15, 0.2) is 0 Å². The first-order valence-electron chi connectivity index (χ1n) is 14.8. The molecule has 1 aromatic rings. The number of hydrogen-bond acceptors (Lipinski definition) is 7. The normalized spacial score (nSPS) is 18.1. The van der Waals surface area contributed by atoms with Crippen molar-refractivity contribution in [2.24, 2.45) is 11.8 Å². The van der Waals surface area contributed by atoms with Crippen LogP contribution in [-0.4, -0.2) is 81.1 Å². The number of carbonyl (C=O) groups excluding carboxylic acids is 3. The lowest BCUT2D eigenvalue weighted by Crippen LogP contribution is -2.52. The molecular weight excluding hydrogens is 586 g/mol. The van der Waals surface area contributed by atoms with Crippen LogP contribution in [0.15, 0.2) is 24.3 Å². The van der Waals surface area contributed by atoms with E-state index < -0.39 is 39.9 Å². The molecule has 14 heteroatoms. The van der Waals surface area contributed by atoms with Crippen molar-refractivity contribution in [3.8, 4) is 0 Å². The van der Waals surface area contributed by atoms with E-state index in [4.69, 9.17) is 21.5 Å². The quantitative estimate of drug-likeness (QED) is 0.106. The molecule has 0 unspecified atom stereocenters. The number of carbonyl (C=O) groups is 3. The summed E-state index contributed by atoms with van der Waals surface area (Å²) in [6.45, 7) is 1.26. The highest BCUT2D eigenvalue weighted by Crippen LogP contribution is 2.28. The zero-order valence-corrected chi connectivity index (χ0v) is 25.6. The van der Waals surface area contributed by atoms with Gasteiger partial charge >= 0.3 is 0 Å². The van der Waals surface area contributed by atoms with Gasteiger partial charge < -0.3 is 15.4 Å². The first-order chi connectivity index (χ1) is 20.2. The highest BCUT2D eigenvalue weighted by molar-refractivity contribution is 7.87. The number of morpholine rings is 1. The van der Waals surface area contributed by atoms with Gasteiger partial charge in [-0.25, -0.2) is 10.2 Å². The Kier molecular flexibility index (Phi) is 14.4. The van der Waals surface area contributed by atoms with Gasteiger partial charge in [0.05, 0.1) is 13.2 Å². The number of nitrogens with one attached hydrogen (secondary N) is 4. The molecule has 2 fully saturated rings. The Morgan fingerprint density at radius 3 is 2.38 bits per heavy atom. The van der Waals surface area contributed by atoms with Crippen LogP contribution in [0.2, 0.25) is 5.02 Å². The van der Waals surface area contributed by atoms with E-state index in [-0.39, 0.29) is 38.5 Å². The maximum Gasteiger partial charge on any atom is 0.279 e. The molecule has 1 aromatic carbocycles. The Balaban J connectivity index is 1.58. The van der Waals surface area contributed by atoms with E-state index in [2.05, 4.69) is 15.4 Å². The first-order valence-corrected chi connectivity index (χ1v) is 16.6. The van der Waals surface area contributed by atoms with Gasteiger partial charge in [-0.2, -0.15) is 12.7 Å². The van der Waals surface area contributed by atoms with Crippen LogP contribution in [0.25, 0.3) is 0 Å². The summed E-state index contributed by atoms with van der Waals surface area (Å²) in [6.07, 6.45) is 7.13. The van der Waals surface area contributed by atoms with Crippen molar-refractivity contribution in [1.82, 2.24) is 25.1 Å². The van der Waals surface area contributed by atoms with E-state index in [1.165, 1.54) is 4.31 Å². The summed E-state index contributed by atoms with van der Waals surface area (Å²) in [5, 5.41) is 15.3. The van der Waals surface area contributed by atoms with Crippen LogP contribution in [-0.2, 0) is 35.8 Å². The standard InChI is InChI=1S/C28H44ClN5O7S/c29-24-11-9-21(10-12-24)7-4-8-23(20-26(35)33-38)27(36)32-25(19-22-5-2-1-3-6-22)28(37)30-13-14-31-42(39,40)34-15-17-41-18-16-34/h9-12,22-23,25,31,38H,1-8,13-20H2,(H,30,37)(H,32,36)(H,33,35)/t23-,25-/m0/s1. The van der Waals surface area contributed by atoms with Crippen molar-refractivity contribution < 1.29 is 32.7 Å². The van der Waals surface area contributed by atoms with Gasteiger partial charge in [0.2, 0.25) is 17.7 Å². The third kappa shape index (κ3) is 11.8. The largest absolute Gasteiger partial charge is 0.379 e. The van der Waals surface area contributed by atoms with Gasteiger partial charge in [0.1, 0.15) is 6.04 Å². The molecule has 1 saturated heterocycles. The molecule has 12 nitrogen and oxygen atoms in total. The lowest BCUT2D eigenvalue weighted by molar-refractivity contribution is -0.136. The molecule has 5 N–H and O–H groups in total. The highest BCUT2D eigenvalue weighted by Gasteiger charge is 2.30. The van der Waals surface area contributed by atoms with Gasteiger partial charge in [0.25, 0.3) is 10.2 Å². The van der Waals surface area contributed by atoms with Crippen LogP contribution < -0.4 is 20.8 Å². The molecule has 0 spiro atoms. The Labute approximate surface area is 253 Å². The number of halogens is 1. The maximum atomic E-state index is 13.4. The second-order valence-corrected chi connectivity index (χ2v) is 13.1. The summed E-state index contributed by atoms with van der Waals surface area (Å²) in [5.74, 6) is -1.97. The molecule has 2 aliphatic rings. The molecule has 0 radical (unpaired) electrons. The maximum absolute atomic E-state index is 13.4. The van der Waals surface area contributed by atoms with E-state index in [9.17, 15) is 22.8 Å². The molecule has 0 bridgehead atoms. The van der Waals surface area contributed by atoms with Crippen LogP contribution in [0.5, 0.6) is 0 Å². The van der Waals surface area contributed by atoms with Crippen molar-refractivity contribution in [3.63, 3.8) is 0 Å². The van der Waals surface area contributed by atoms with Crippen LogP contribution in [0.4, 0.5) is 0 Å². The molecule has 0 aromatic heterocycles. The first kappa shape index (κ1) is 34.2. The van der Waals surface area contributed by atoms with Crippen molar-refractivity contribution in [2.75, 3.05) is 39.4 Å². The van der Waals surface area contributed by atoms with E-state index in [0.717, 1.165) is 37.7 Å². The van der Waals surface area contributed by atoms with Gasteiger partial charge in [0, 0.05) is 43.5 Å². The Hall–Kier alpha value is -2.29. The molecule has 3 rings (SSSR count). The lowest BCUT2D eigenvalue weighted by atomic mass is 9.84. The lowest BCUT2D eigenvalue weighted by Gasteiger charge is -2.28. The fraction of sp³-hybridized carbons (Fsp3) is 0.679. The van der Waals surface area contributed by atoms with Gasteiger partial charge in [-0.1, -0.05) is 55.8 Å². The minimum absolute atomic E-state index is 0.000476. The zero-order chi connectivity index (χ0) is 30.4. The van der Waals surface area contributed by atoms with Crippen LogP contribution >= 0.6 is 11.6 Å². The monoisotopic (exact) mass is 629 g/mol. The highest BCUT2D eigenvalue weighted by atomic mass is 35.5. The van der Waals surface area contributed by atoms with Crippen molar-refractivity contribution >= 4 is 39.5 Å². The second-order valence-electron chi connectivity index (χ2n) is 11.0. The van der Waals surface area contributed by atoms with Crippen LogP contribution in [0.1, 0.15) is 63.4 Å². The Morgan fingerprint density at radius 1 is 1.02 bits per heavy atom. The molecule has 236 valence electrons. The molecule has 1 aliphatic carbocycles. The van der Waals surface area contributed by atoms with Gasteiger partial charge in [-0.15, -0.1) is 0 Å². The average Bonchev–Trinajstić information content (AvgIpc) is 3.00. The molecule has 2 atom stereocenters. The number of hydrogen-bond donors (Lipinski definition) is 5. The molecule has 3 amide bonds. The molecule has 1 saturated carbocycles. The third-order valence-corrected chi connectivity index (χ3v) is 9.67. The molecular formula is C28H44ClN5O7S. The predicted molar refractivity (Wildman–Crippen MR) is 158 cm³/mol. The number of benzene rings is 1. The number of hydroxylamine groups is 1. The van der Waals surface area contributed by atoms with Crippen LogP contribution in [0, 0.1) is 11.8 Å². The summed E-state index contributed by atoms with van der Waals surface area (Å²) < 4.78 is 34.0. The minimum atomic E-state index is -3.68. The van der Waals surface area contributed by atoms with E-state index in [0.29, 0.717) is 43.9 Å². The SMILES string of the molecule is O=C(C[C@H](CCCc1ccc(Cl)cc1)C(=O)N[C@@H](CC1CCCCC1)C(=O)NCCNS(=O)(=O)N1CCOCC1)NO. The number of rotatable bonds is 16. The Bertz CT molecular complexity index is 1110. The number of nitrogens with zero attached hydrogens (tertiary/aromatic N) is 1. The minimum Gasteiger partial charge on any atom is -0.379 e. The van der Waals surface area contributed by atoms with Crippen molar-refractivity contribution in [2.45, 2.75) is 70.3 Å². The van der Waals surface area contributed by atoms with E-state index >= 15 is 0 Å². The molecule has 1 heterocycles. The van der Waals surface area contributed by atoms with Crippen LogP contribution in [0.3, 0.4) is 0 Å². The summed E-state index contributed by atoms with van der Waals surface area (Å²) in [5.41, 5.74) is 2.64. The zero-order valence-electron chi connectivity index (χ0n) is 24.0. The fourth-order valence-electron chi connectivity index (χ4n) is 5.44. The van der Waals surface area contributed by atoms with Crippen molar-refractivity contribution in [1.29, 1.82) is 0 Å². The van der Waals surface area contributed by atoms with Gasteiger partial charge in [-0.05, 0) is 49.3 Å². The fourth-order valence-corrected chi connectivity index (χ4v) is 6.74. The predicted octanol–water partition coefficient (Wildman–Crippen LogP) is 1.91. The smallest absolute Gasteiger partial charge is 0.279 e. The summed E-state index contributed by atoms with van der Waals surface area (Å²) in [6, 6.07) is 6.57. The summed E-state index contributed by atoms with van der Waals surface area (Å²) >= 11 is 5.96.